The molecular weight excluding hydrogens is 371 g/mol. The Bertz CT molecular complexity index is 970. The summed E-state index contributed by atoms with van der Waals surface area (Å²) in [6, 6.07) is 7.56. The van der Waals surface area contributed by atoms with E-state index in [9.17, 15) is 9.18 Å². The summed E-state index contributed by atoms with van der Waals surface area (Å²) in [5, 5.41) is 7.39. The normalized spacial score (nSPS) is 14.6. The van der Waals surface area contributed by atoms with E-state index >= 15 is 0 Å². The lowest BCUT2D eigenvalue weighted by molar-refractivity contribution is 0.0952. The fraction of sp³-hybridized carbons (Fsp3) is 0.316. The second kappa shape index (κ2) is 7.62. The molecule has 1 aliphatic carbocycles. The van der Waals surface area contributed by atoms with Gasteiger partial charge in [-0.3, -0.25) is 4.79 Å². The number of nitrogens with one attached hydrogen (secondary N) is 1. The van der Waals surface area contributed by atoms with Gasteiger partial charge in [-0.15, -0.1) is 12.4 Å². The lowest BCUT2D eigenvalue weighted by Gasteiger charge is -2.12. The molecule has 1 aromatic carbocycles. The molecule has 1 unspecified atom stereocenters. The molecule has 0 saturated heterocycles. The third-order valence-corrected chi connectivity index (χ3v) is 4.73. The zero-order valence-corrected chi connectivity index (χ0v) is 15.6. The molecule has 6 nitrogen and oxygen atoms in total. The Hall–Kier alpha value is -2.51. The summed E-state index contributed by atoms with van der Waals surface area (Å²) in [6.45, 7) is 2.18. The number of hydrogen-bond donors (Lipinski definition) is 2. The molecule has 1 fully saturated rings. The van der Waals surface area contributed by atoms with E-state index in [0.29, 0.717) is 40.4 Å². The number of rotatable bonds is 5. The largest absolute Gasteiger partial charge is 0.350 e. The van der Waals surface area contributed by atoms with Crippen LogP contribution in [0.15, 0.2) is 34.9 Å². The first-order valence-corrected chi connectivity index (χ1v) is 8.59. The minimum Gasteiger partial charge on any atom is -0.350 e. The smallest absolute Gasteiger partial charge is 0.259 e. The van der Waals surface area contributed by atoms with Crippen LogP contribution in [-0.2, 0) is 0 Å². The Morgan fingerprint density at radius 1 is 1.37 bits per heavy atom. The maximum Gasteiger partial charge on any atom is 0.259 e. The van der Waals surface area contributed by atoms with Crippen LogP contribution in [-0.4, -0.2) is 28.6 Å². The molecule has 1 saturated carbocycles. The Balaban J connectivity index is 0.00000210. The van der Waals surface area contributed by atoms with Gasteiger partial charge in [-0.25, -0.2) is 9.37 Å². The highest BCUT2D eigenvalue weighted by atomic mass is 35.5. The van der Waals surface area contributed by atoms with Crippen LogP contribution >= 0.6 is 12.4 Å². The molecule has 27 heavy (non-hydrogen) atoms. The molecule has 1 aliphatic rings. The number of carbonyl (C=O) groups excluding carboxylic acids is 1. The predicted octanol–water partition coefficient (Wildman–Crippen LogP) is 3.23. The van der Waals surface area contributed by atoms with E-state index in [1.54, 1.807) is 25.1 Å². The van der Waals surface area contributed by atoms with Crippen molar-refractivity contribution in [3.8, 4) is 11.3 Å². The Kier molecular flexibility index (Phi) is 5.43. The van der Waals surface area contributed by atoms with Crippen molar-refractivity contribution in [2.24, 2.45) is 11.7 Å². The fourth-order valence-corrected chi connectivity index (χ4v) is 3.04. The van der Waals surface area contributed by atoms with Crippen molar-refractivity contribution < 1.29 is 13.7 Å². The van der Waals surface area contributed by atoms with E-state index < -0.39 is 0 Å². The third-order valence-electron chi connectivity index (χ3n) is 4.73. The van der Waals surface area contributed by atoms with Crippen molar-refractivity contribution in [3.63, 3.8) is 0 Å². The SMILES string of the molecule is Cc1noc2nc(-c3ccc(F)cc3)cc(C(=O)NCC(N)C3CC3)c12.Cl. The van der Waals surface area contributed by atoms with E-state index in [1.165, 1.54) is 12.1 Å². The molecule has 8 heteroatoms. The van der Waals surface area contributed by atoms with E-state index in [2.05, 4.69) is 15.5 Å². The second-order valence-corrected chi connectivity index (χ2v) is 6.72. The predicted molar refractivity (Wildman–Crippen MR) is 102 cm³/mol. The topological polar surface area (TPSA) is 94.0 Å². The van der Waals surface area contributed by atoms with Crippen LogP contribution in [0.2, 0.25) is 0 Å². The number of carbonyl (C=O) groups is 1. The molecule has 0 aliphatic heterocycles. The molecule has 3 aromatic rings. The number of fused-ring (bicyclic) bond motifs is 1. The molecule has 1 atom stereocenters. The van der Waals surface area contributed by atoms with Crippen molar-refractivity contribution in [3.05, 3.63) is 47.4 Å². The molecule has 1 amide bonds. The Morgan fingerprint density at radius 3 is 2.74 bits per heavy atom. The quantitative estimate of drug-likeness (QED) is 0.697. The van der Waals surface area contributed by atoms with Gasteiger partial charge in [0.2, 0.25) is 0 Å². The van der Waals surface area contributed by atoms with Crippen LogP contribution in [0, 0.1) is 18.7 Å². The van der Waals surface area contributed by atoms with Crippen LogP contribution in [0.4, 0.5) is 4.39 Å². The number of pyridine rings is 1. The van der Waals surface area contributed by atoms with Crippen molar-refractivity contribution in [2.75, 3.05) is 6.54 Å². The van der Waals surface area contributed by atoms with Crippen LogP contribution < -0.4 is 11.1 Å². The number of benzene rings is 1. The van der Waals surface area contributed by atoms with E-state index in [1.807, 2.05) is 0 Å². The fourth-order valence-electron chi connectivity index (χ4n) is 3.04. The van der Waals surface area contributed by atoms with Gasteiger partial charge in [0.05, 0.1) is 22.3 Å². The number of nitrogens with two attached hydrogens (primary N) is 1. The van der Waals surface area contributed by atoms with Gasteiger partial charge in [0, 0.05) is 18.2 Å². The average Bonchev–Trinajstić information content (AvgIpc) is 3.43. The van der Waals surface area contributed by atoms with Gasteiger partial charge < -0.3 is 15.6 Å². The molecule has 0 radical (unpaired) electrons. The van der Waals surface area contributed by atoms with E-state index in [4.69, 9.17) is 10.3 Å². The van der Waals surface area contributed by atoms with Gasteiger partial charge >= 0.3 is 0 Å². The summed E-state index contributed by atoms with van der Waals surface area (Å²) in [7, 11) is 0. The van der Waals surface area contributed by atoms with E-state index in [-0.39, 0.29) is 35.9 Å². The number of aromatic nitrogens is 2. The molecule has 0 bridgehead atoms. The van der Waals surface area contributed by atoms with Gasteiger partial charge in [0.15, 0.2) is 0 Å². The molecule has 3 N–H and O–H groups in total. The monoisotopic (exact) mass is 390 g/mol. The molecule has 142 valence electrons. The van der Waals surface area contributed by atoms with Crippen LogP contribution in [0.25, 0.3) is 22.4 Å². The van der Waals surface area contributed by atoms with Crippen molar-refractivity contribution in [1.82, 2.24) is 15.5 Å². The highest BCUT2D eigenvalue weighted by molar-refractivity contribution is 6.07. The summed E-state index contributed by atoms with van der Waals surface area (Å²) in [6.07, 6.45) is 2.24. The van der Waals surface area contributed by atoms with Gasteiger partial charge in [0.1, 0.15) is 5.82 Å². The summed E-state index contributed by atoms with van der Waals surface area (Å²) in [5.74, 6) is -0.0830. The second-order valence-electron chi connectivity index (χ2n) is 6.72. The first kappa shape index (κ1) is 19.3. The molecule has 4 rings (SSSR count). The van der Waals surface area contributed by atoms with Gasteiger partial charge in [-0.1, -0.05) is 5.16 Å². The molecule has 2 aromatic heterocycles. The highest BCUT2D eigenvalue weighted by Crippen LogP contribution is 2.31. The average molecular weight is 391 g/mol. The van der Waals surface area contributed by atoms with Gasteiger partial charge in [-0.2, -0.15) is 0 Å². The maximum absolute atomic E-state index is 13.2. The number of nitrogens with zero attached hydrogens (tertiary/aromatic N) is 2. The highest BCUT2D eigenvalue weighted by Gasteiger charge is 2.29. The Morgan fingerprint density at radius 2 is 2.07 bits per heavy atom. The first-order chi connectivity index (χ1) is 12.5. The first-order valence-electron chi connectivity index (χ1n) is 8.59. The van der Waals surface area contributed by atoms with Crippen molar-refractivity contribution >= 4 is 29.4 Å². The zero-order chi connectivity index (χ0) is 18.3. The maximum atomic E-state index is 13.2. The zero-order valence-electron chi connectivity index (χ0n) is 14.7. The minimum atomic E-state index is -0.336. The van der Waals surface area contributed by atoms with Gasteiger partial charge in [-0.05, 0) is 56.0 Å². The number of halogens is 2. The summed E-state index contributed by atoms with van der Waals surface area (Å²) >= 11 is 0. The van der Waals surface area contributed by atoms with Crippen LogP contribution in [0.5, 0.6) is 0 Å². The van der Waals surface area contributed by atoms with Gasteiger partial charge in [0.25, 0.3) is 11.6 Å². The summed E-state index contributed by atoms with van der Waals surface area (Å²) in [4.78, 5) is 17.2. The van der Waals surface area contributed by atoms with Crippen molar-refractivity contribution in [1.29, 1.82) is 0 Å². The molecule has 2 heterocycles. The lowest BCUT2D eigenvalue weighted by Crippen LogP contribution is -2.38. The third kappa shape index (κ3) is 3.94. The molecular formula is C19H20ClFN4O2. The number of hydrogen-bond acceptors (Lipinski definition) is 5. The standard InChI is InChI=1S/C19H19FN4O2.ClH/c1-10-17-14(18(25)22-9-15(21)11-2-3-11)8-16(23-19(17)26-24-10)12-4-6-13(20)7-5-12;/h4-8,11,15H,2-3,9,21H2,1H3,(H,22,25);1H. The summed E-state index contributed by atoms with van der Waals surface area (Å²) in [5.41, 5.74) is 8.57. The summed E-state index contributed by atoms with van der Waals surface area (Å²) < 4.78 is 18.4. The van der Waals surface area contributed by atoms with Crippen LogP contribution in [0.1, 0.15) is 28.9 Å². The lowest BCUT2D eigenvalue weighted by atomic mass is 10.0. The molecule has 0 spiro atoms. The van der Waals surface area contributed by atoms with Crippen molar-refractivity contribution in [2.45, 2.75) is 25.8 Å². The number of aryl methyl sites for hydroxylation is 1. The van der Waals surface area contributed by atoms with E-state index in [0.717, 1.165) is 12.8 Å². The Labute approximate surface area is 161 Å². The minimum absolute atomic E-state index is 0. The number of amides is 1. The van der Waals surface area contributed by atoms with Crippen LogP contribution in [0.3, 0.4) is 0 Å².